The molecule has 0 spiro atoms. The van der Waals surface area contributed by atoms with Crippen LogP contribution < -0.4 is 4.74 Å². The molecular weight excluding hydrogens is 228 g/mol. The summed E-state index contributed by atoms with van der Waals surface area (Å²) in [6.07, 6.45) is 0.755. The number of esters is 1. The molecule has 0 bridgehead atoms. The third kappa shape index (κ3) is 3.13. The van der Waals surface area contributed by atoms with E-state index in [2.05, 4.69) is 9.72 Å². The van der Waals surface area contributed by atoms with E-state index in [0.717, 1.165) is 0 Å². The number of pyridine rings is 1. The Hall–Kier alpha value is -2.18. The molecule has 7 nitrogen and oxygen atoms in total. The van der Waals surface area contributed by atoms with Crippen molar-refractivity contribution in [3.05, 3.63) is 28.4 Å². The van der Waals surface area contributed by atoms with Gasteiger partial charge in [0.05, 0.1) is 7.11 Å². The Morgan fingerprint density at radius 2 is 2.35 bits per heavy atom. The molecule has 0 amide bonds. The van der Waals surface area contributed by atoms with E-state index in [0.29, 0.717) is 6.42 Å². The first-order valence-corrected chi connectivity index (χ1v) is 4.94. The quantitative estimate of drug-likeness (QED) is 0.438. The van der Waals surface area contributed by atoms with Crippen LogP contribution in [-0.2, 0) is 9.53 Å². The Bertz CT molecular complexity index is 421. The lowest BCUT2D eigenvalue weighted by Crippen LogP contribution is -2.28. The van der Waals surface area contributed by atoms with Crippen molar-refractivity contribution in [1.82, 2.24) is 4.98 Å². The minimum Gasteiger partial charge on any atom is -0.470 e. The molecule has 0 N–H and O–H groups in total. The van der Waals surface area contributed by atoms with Gasteiger partial charge in [-0.25, -0.2) is 4.79 Å². The Morgan fingerprint density at radius 3 is 2.88 bits per heavy atom. The highest BCUT2D eigenvalue weighted by Crippen LogP contribution is 2.24. The number of ether oxygens (including phenoxy) is 2. The van der Waals surface area contributed by atoms with E-state index >= 15 is 0 Å². The molecule has 0 aliphatic heterocycles. The van der Waals surface area contributed by atoms with Crippen LogP contribution in [0.25, 0.3) is 0 Å². The van der Waals surface area contributed by atoms with E-state index < -0.39 is 22.8 Å². The van der Waals surface area contributed by atoms with Crippen molar-refractivity contribution in [3.8, 4) is 5.75 Å². The molecule has 0 saturated carbocycles. The number of rotatable bonds is 5. The molecule has 0 saturated heterocycles. The second kappa shape index (κ2) is 5.78. The van der Waals surface area contributed by atoms with Crippen LogP contribution in [0.4, 0.5) is 5.82 Å². The van der Waals surface area contributed by atoms with Gasteiger partial charge in [0.25, 0.3) is 0 Å². The van der Waals surface area contributed by atoms with Gasteiger partial charge < -0.3 is 19.6 Å². The van der Waals surface area contributed by atoms with Gasteiger partial charge in [-0.15, -0.1) is 0 Å². The molecular formula is C10H12N2O5. The average molecular weight is 240 g/mol. The number of aromatic nitrogens is 1. The van der Waals surface area contributed by atoms with Gasteiger partial charge in [0, 0.05) is 0 Å². The average Bonchev–Trinajstić information content (AvgIpc) is 2.35. The highest BCUT2D eigenvalue weighted by molar-refractivity contribution is 5.75. The van der Waals surface area contributed by atoms with Crippen LogP contribution in [0, 0.1) is 10.1 Å². The molecule has 0 aliphatic carbocycles. The Kier molecular flexibility index (Phi) is 4.38. The molecule has 1 aromatic heterocycles. The number of carbonyl (C=O) groups excluding carboxylic acids is 1. The zero-order chi connectivity index (χ0) is 12.8. The van der Waals surface area contributed by atoms with Crippen LogP contribution >= 0.6 is 0 Å². The maximum Gasteiger partial charge on any atom is 0.406 e. The van der Waals surface area contributed by atoms with Gasteiger partial charge in [0.15, 0.2) is 6.10 Å². The molecule has 0 aliphatic rings. The first-order valence-electron chi connectivity index (χ1n) is 4.94. The second-order valence-electron chi connectivity index (χ2n) is 3.12. The normalized spacial score (nSPS) is 11.6. The standard InChI is InChI=1S/C10H12N2O5/c1-3-7(10(13)16-2)17-8-5-4-6-11-9(8)12(14)15/h4-7H,3H2,1-2H3. The number of carbonyl (C=O) groups is 1. The van der Waals surface area contributed by atoms with Gasteiger partial charge in [0.1, 0.15) is 6.20 Å². The van der Waals surface area contributed by atoms with Crippen molar-refractivity contribution in [2.45, 2.75) is 19.4 Å². The molecule has 7 heteroatoms. The number of hydrogen-bond acceptors (Lipinski definition) is 6. The minimum atomic E-state index is -0.872. The predicted octanol–water partition coefficient (Wildman–Crippen LogP) is 1.32. The number of nitro groups is 1. The van der Waals surface area contributed by atoms with Crippen molar-refractivity contribution < 1.29 is 19.2 Å². The lowest BCUT2D eigenvalue weighted by molar-refractivity contribution is -0.390. The first kappa shape index (κ1) is 12.9. The summed E-state index contributed by atoms with van der Waals surface area (Å²) < 4.78 is 9.75. The summed E-state index contributed by atoms with van der Waals surface area (Å²) in [5.41, 5.74) is 0. The maximum atomic E-state index is 11.3. The van der Waals surface area contributed by atoms with E-state index in [1.807, 2.05) is 0 Å². The van der Waals surface area contributed by atoms with Gasteiger partial charge in [-0.2, -0.15) is 0 Å². The molecule has 1 unspecified atom stereocenters. The third-order valence-corrected chi connectivity index (χ3v) is 2.03. The predicted molar refractivity (Wildman–Crippen MR) is 57.6 cm³/mol. The SMILES string of the molecule is CCC(Oc1cccnc1[N+](=O)[O-])C(=O)OC. The summed E-state index contributed by atoms with van der Waals surface area (Å²) in [6, 6.07) is 2.88. The van der Waals surface area contributed by atoms with E-state index in [9.17, 15) is 14.9 Å². The van der Waals surface area contributed by atoms with Crippen LogP contribution in [0.3, 0.4) is 0 Å². The van der Waals surface area contributed by atoms with E-state index in [1.54, 1.807) is 6.92 Å². The lowest BCUT2D eigenvalue weighted by Gasteiger charge is -2.14. The van der Waals surface area contributed by atoms with Crippen LogP contribution in [0.2, 0.25) is 0 Å². The summed E-state index contributed by atoms with van der Waals surface area (Å²) >= 11 is 0. The zero-order valence-electron chi connectivity index (χ0n) is 9.45. The van der Waals surface area contributed by atoms with Crippen molar-refractivity contribution in [2.24, 2.45) is 0 Å². The van der Waals surface area contributed by atoms with Crippen molar-refractivity contribution in [3.63, 3.8) is 0 Å². The van der Waals surface area contributed by atoms with Gasteiger partial charge in [-0.05, 0) is 28.5 Å². The van der Waals surface area contributed by atoms with Crippen LogP contribution in [0.15, 0.2) is 18.3 Å². The van der Waals surface area contributed by atoms with Gasteiger partial charge in [0.2, 0.25) is 5.75 Å². The highest BCUT2D eigenvalue weighted by Gasteiger charge is 2.24. The molecule has 1 atom stereocenters. The van der Waals surface area contributed by atoms with E-state index in [4.69, 9.17) is 4.74 Å². The fourth-order valence-electron chi connectivity index (χ4n) is 1.19. The molecule has 1 aromatic rings. The molecule has 0 fully saturated rings. The van der Waals surface area contributed by atoms with Crippen molar-refractivity contribution >= 4 is 11.8 Å². The summed E-state index contributed by atoms with van der Waals surface area (Å²) in [5.74, 6) is -1.05. The fraction of sp³-hybridized carbons (Fsp3) is 0.400. The fourth-order valence-corrected chi connectivity index (χ4v) is 1.19. The molecule has 1 heterocycles. The highest BCUT2D eigenvalue weighted by atomic mass is 16.6. The van der Waals surface area contributed by atoms with Crippen LogP contribution in [0.1, 0.15) is 13.3 Å². The number of methoxy groups -OCH3 is 1. The number of hydrogen-bond donors (Lipinski definition) is 0. The summed E-state index contributed by atoms with van der Waals surface area (Å²) in [4.78, 5) is 24.9. The monoisotopic (exact) mass is 240 g/mol. The Labute approximate surface area is 97.5 Å². The number of nitrogens with zero attached hydrogens (tertiary/aromatic N) is 2. The summed E-state index contributed by atoms with van der Waals surface area (Å²) in [6.45, 7) is 1.71. The van der Waals surface area contributed by atoms with Crippen LogP contribution in [-0.4, -0.2) is 29.1 Å². The summed E-state index contributed by atoms with van der Waals surface area (Å²) in [7, 11) is 1.23. The van der Waals surface area contributed by atoms with Gasteiger partial charge >= 0.3 is 11.8 Å². The Morgan fingerprint density at radius 1 is 1.65 bits per heavy atom. The molecule has 1 rings (SSSR count). The minimum absolute atomic E-state index is 0.0465. The van der Waals surface area contributed by atoms with E-state index in [1.165, 1.54) is 25.4 Å². The molecule has 0 aromatic carbocycles. The maximum absolute atomic E-state index is 11.3. The third-order valence-electron chi connectivity index (χ3n) is 2.03. The van der Waals surface area contributed by atoms with Crippen LogP contribution in [0.5, 0.6) is 5.75 Å². The lowest BCUT2D eigenvalue weighted by atomic mass is 10.3. The first-order chi connectivity index (χ1) is 8.10. The second-order valence-corrected chi connectivity index (χ2v) is 3.12. The summed E-state index contributed by atoms with van der Waals surface area (Å²) in [5, 5.41) is 10.7. The van der Waals surface area contributed by atoms with E-state index in [-0.39, 0.29) is 5.75 Å². The zero-order valence-corrected chi connectivity index (χ0v) is 9.45. The van der Waals surface area contributed by atoms with Gasteiger partial charge in [-0.3, -0.25) is 0 Å². The molecule has 92 valence electrons. The van der Waals surface area contributed by atoms with Crippen molar-refractivity contribution in [2.75, 3.05) is 7.11 Å². The topological polar surface area (TPSA) is 91.6 Å². The largest absolute Gasteiger partial charge is 0.470 e. The van der Waals surface area contributed by atoms with Gasteiger partial charge in [-0.1, -0.05) is 6.92 Å². The van der Waals surface area contributed by atoms with Crippen molar-refractivity contribution in [1.29, 1.82) is 0 Å². The smallest absolute Gasteiger partial charge is 0.406 e. The Balaban J connectivity index is 2.93. The molecule has 0 radical (unpaired) electrons. The molecule has 17 heavy (non-hydrogen) atoms.